The van der Waals surface area contributed by atoms with Crippen molar-refractivity contribution < 1.29 is 4.39 Å². The van der Waals surface area contributed by atoms with E-state index in [1.165, 1.54) is 12.1 Å². The summed E-state index contributed by atoms with van der Waals surface area (Å²) in [5.74, 6) is -0.253. The SMILES string of the molecule is Fc1ccc(NCc2ccnc3ccccc23)c(Br)c1. The Bertz CT molecular complexity index is 753. The van der Waals surface area contributed by atoms with Gasteiger partial charge >= 0.3 is 0 Å². The van der Waals surface area contributed by atoms with Gasteiger partial charge in [-0.25, -0.2) is 4.39 Å². The predicted molar refractivity (Wildman–Crippen MR) is 83.2 cm³/mol. The van der Waals surface area contributed by atoms with Crippen molar-refractivity contribution in [3.63, 3.8) is 0 Å². The van der Waals surface area contributed by atoms with Crippen LogP contribution in [0, 0.1) is 5.82 Å². The van der Waals surface area contributed by atoms with Crippen LogP contribution in [0.25, 0.3) is 10.9 Å². The summed E-state index contributed by atoms with van der Waals surface area (Å²) >= 11 is 3.36. The number of anilines is 1. The zero-order chi connectivity index (χ0) is 13.9. The Morgan fingerprint density at radius 1 is 1.10 bits per heavy atom. The molecule has 3 aromatic rings. The van der Waals surface area contributed by atoms with Gasteiger partial charge in [-0.05, 0) is 51.8 Å². The number of hydrogen-bond acceptors (Lipinski definition) is 2. The van der Waals surface area contributed by atoms with Crippen LogP contribution in [0.5, 0.6) is 0 Å². The van der Waals surface area contributed by atoms with Gasteiger partial charge in [0.15, 0.2) is 0 Å². The van der Waals surface area contributed by atoms with Gasteiger partial charge in [-0.15, -0.1) is 0 Å². The molecule has 0 radical (unpaired) electrons. The lowest BCUT2D eigenvalue weighted by molar-refractivity contribution is 0.627. The maximum Gasteiger partial charge on any atom is 0.124 e. The molecule has 100 valence electrons. The maximum atomic E-state index is 13.1. The van der Waals surface area contributed by atoms with Gasteiger partial charge in [-0.2, -0.15) is 0 Å². The molecule has 0 fully saturated rings. The number of nitrogens with zero attached hydrogens (tertiary/aromatic N) is 1. The molecule has 0 aliphatic carbocycles. The second kappa shape index (κ2) is 5.59. The van der Waals surface area contributed by atoms with E-state index >= 15 is 0 Å². The van der Waals surface area contributed by atoms with Crippen LogP contribution in [0.3, 0.4) is 0 Å². The molecule has 1 heterocycles. The van der Waals surface area contributed by atoms with E-state index in [4.69, 9.17) is 0 Å². The Morgan fingerprint density at radius 3 is 2.80 bits per heavy atom. The third kappa shape index (κ3) is 2.65. The summed E-state index contributed by atoms with van der Waals surface area (Å²) in [5.41, 5.74) is 3.00. The van der Waals surface area contributed by atoms with Crippen LogP contribution in [0.4, 0.5) is 10.1 Å². The summed E-state index contributed by atoms with van der Waals surface area (Å²) in [4.78, 5) is 4.34. The van der Waals surface area contributed by atoms with Crippen molar-refractivity contribution in [1.29, 1.82) is 0 Å². The van der Waals surface area contributed by atoms with Crippen molar-refractivity contribution in [2.45, 2.75) is 6.54 Å². The number of fused-ring (bicyclic) bond motifs is 1. The van der Waals surface area contributed by atoms with Gasteiger partial charge in [0.2, 0.25) is 0 Å². The van der Waals surface area contributed by atoms with Crippen LogP contribution in [0.1, 0.15) is 5.56 Å². The number of hydrogen-bond donors (Lipinski definition) is 1. The average Bonchev–Trinajstić information content (AvgIpc) is 2.46. The van der Waals surface area contributed by atoms with Crippen LogP contribution in [-0.2, 0) is 6.54 Å². The van der Waals surface area contributed by atoms with E-state index in [-0.39, 0.29) is 5.82 Å². The molecule has 0 atom stereocenters. The number of benzene rings is 2. The minimum absolute atomic E-state index is 0.253. The monoisotopic (exact) mass is 330 g/mol. The normalized spacial score (nSPS) is 10.7. The first kappa shape index (κ1) is 13.1. The Labute approximate surface area is 124 Å². The van der Waals surface area contributed by atoms with E-state index in [1.807, 2.05) is 24.3 Å². The molecule has 1 N–H and O–H groups in total. The summed E-state index contributed by atoms with van der Waals surface area (Å²) in [5, 5.41) is 4.43. The highest BCUT2D eigenvalue weighted by Crippen LogP contribution is 2.24. The molecule has 0 bridgehead atoms. The first-order valence-corrected chi connectivity index (χ1v) is 7.05. The zero-order valence-electron chi connectivity index (χ0n) is 10.6. The van der Waals surface area contributed by atoms with E-state index < -0.39 is 0 Å². The molecular formula is C16H12BrFN2. The highest BCUT2D eigenvalue weighted by Gasteiger charge is 2.04. The molecule has 0 aliphatic rings. The summed E-state index contributed by atoms with van der Waals surface area (Å²) in [7, 11) is 0. The Balaban J connectivity index is 1.87. The first-order valence-electron chi connectivity index (χ1n) is 6.25. The van der Waals surface area contributed by atoms with Crippen LogP contribution in [0.15, 0.2) is 59.2 Å². The lowest BCUT2D eigenvalue weighted by atomic mass is 10.1. The minimum atomic E-state index is -0.253. The lowest BCUT2D eigenvalue weighted by Crippen LogP contribution is -2.01. The molecule has 20 heavy (non-hydrogen) atoms. The van der Waals surface area contributed by atoms with E-state index in [0.717, 1.165) is 26.6 Å². The summed E-state index contributed by atoms with van der Waals surface area (Å²) < 4.78 is 13.8. The van der Waals surface area contributed by atoms with Crippen LogP contribution >= 0.6 is 15.9 Å². The highest BCUT2D eigenvalue weighted by molar-refractivity contribution is 9.10. The van der Waals surface area contributed by atoms with E-state index in [1.54, 1.807) is 12.3 Å². The largest absolute Gasteiger partial charge is 0.380 e. The molecule has 0 aliphatic heterocycles. The zero-order valence-corrected chi connectivity index (χ0v) is 12.2. The number of halogens is 2. The van der Waals surface area contributed by atoms with Crippen molar-refractivity contribution in [1.82, 2.24) is 4.98 Å². The Morgan fingerprint density at radius 2 is 1.95 bits per heavy atom. The second-order valence-corrected chi connectivity index (χ2v) is 5.32. The third-order valence-corrected chi connectivity index (χ3v) is 3.80. The molecule has 2 nitrogen and oxygen atoms in total. The van der Waals surface area contributed by atoms with Gasteiger partial charge in [-0.1, -0.05) is 18.2 Å². The minimum Gasteiger partial charge on any atom is -0.380 e. The summed E-state index contributed by atoms with van der Waals surface area (Å²) in [6.45, 7) is 0.660. The lowest BCUT2D eigenvalue weighted by Gasteiger charge is -2.10. The standard InChI is InChI=1S/C16H12BrFN2/c17-14-9-12(18)5-6-16(14)20-10-11-7-8-19-15-4-2-1-3-13(11)15/h1-9,20H,10H2. The fraction of sp³-hybridized carbons (Fsp3) is 0.0625. The molecule has 0 saturated carbocycles. The molecule has 0 amide bonds. The molecule has 0 saturated heterocycles. The Hall–Kier alpha value is -1.94. The van der Waals surface area contributed by atoms with Gasteiger partial charge in [0.25, 0.3) is 0 Å². The number of rotatable bonds is 3. The molecule has 2 aromatic carbocycles. The van der Waals surface area contributed by atoms with Crippen molar-refractivity contribution in [3.8, 4) is 0 Å². The molecule has 3 rings (SSSR count). The third-order valence-electron chi connectivity index (χ3n) is 3.14. The Kier molecular flexibility index (Phi) is 3.65. The van der Waals surface area contributed by atoms with Crippen molar-refractivity contribution in [3.05, 3.63) is 70.6 Å². The van der Waals surface area contributed by atoms with Crippen LogP contribution in [-0.4, -0.2) is 4.98 Å². The second-order valence-electron chi connectivity index (χ2n) is 4.46. The highest BCUT2D eigenvalue weighted by atomic mass is 79.9. The smallest absolute Gasteiger partial charge is 0.124 e. The molecule has 4 heteroatoms. The molecule has 0 spiro atoms. The van der Waals surface area contributed by atoms with Gasteiger partial charge in [-0.3, -0.25) is 4.98 Å². The fourth-order valence-electron chi connectivity index (χ4n) is 2.13. The quantitative estimate of drug-likeness (QED) is 0.749. The number of nitrogens with one attached hydrogen (secondary N) is 1. The number of pyridine rings is 1. The molecular weight excluding hydrogens is 319 g/mol. The molecule has 1 aromatic heterocycles. The van der Waals surface area contributed by atoms with Crippen LogP contribution < -0.4 is 5.32 Å². The number of para-hydroxylation sites is 1. The summed E-state index contributed by atoms with van der Waals surface area (Å²) in [6, 6.07) is 14.6. The number of aromatic nitrogens is 1. The van der Waals surface area contributed by atoms with Crippen molar-refractivity contribution in [2.24, 2.45) is 0 Å². The summed E-state index contributed by atoms with van der Waals surface area (Å²) in [6.07, 6.45) is 1.80. The predicted octanol–water partition coefficient (Wildman–Crippen LogP) is 4.75. The average molecular weight is 331 g/mol. The van der Waals surface area contributed by atoms with E-state index in [9.17, 15) is 4.39 Å². The topological polar surface area (TPSA) is 24.9 Å². The fourth-order valence-corrected chi connectivity index (χ4v) is 2.62. The van der Waals surface area contributed by atoms with Crippen molar-refractivity contribution in [2.75, 3.05) is 5.32 Å². The van der Waals surface area contributed by atoms with Gasteiger partial charge in [0.1, 0.15) is 5.82 Å². The van der Waals surface area contributed by atoms with Crippen molar-refractivity contribution >= 4 is 32.5 Å². The van der Waals surface area contributed by atoms with E-state index in [2.05, 4.69) is 32.3 Å². The maximum absolute atomic E-state index is 13.1. The van der Waals surface area contributed by atoms with Gasteiger partial charge in [0, 0.05) is 28.3 Å². The van der Waals surface area contributed by atoms with Gasteiger partial charge < -0.3 is 5.32 Å². The van der Waals surface area contributed by atoms with Gasteiger partial charge in [0.05, 0.1) is 5.52 Å². The van der Waals surface area contributed by atoms with Crippen LogP contribution in [0.2, 0.25) is 0 Å². The first-order chi connectivity index (χ1) is 9.74. The molecule has 0 unspecified atom stereocenters. The van der Waals surface area contributed by atoms with E-state index in [0.29, 0.717) is 6.54 Å².